The number of hydrogen-bond donors (Lipinski definition) is 0. The van der Waals surface area contributed by atoms with E-state index in [-0.39, 0.29) is 0 Å². The van der Waals surface area contributed by atoms with E-state index in [2.05, 4.69) is 215 Å². The molecule has 0 atom stereocenters. The third-order valence-electron chi connectivity index (χ3n) is 14.1. The molecule has 0 spiro atoms. The SMILES string of the molecule is c1ccc(-c2nc(-c3ccc4c(c3)c3ccccc3n4-c3ccccc3)nc(-c3ccc4oc5c6ccccc6ccc5c4c3-n3c4cc5ccccc5cc4c4c5ccccc5ccc43)n2)cc1. The quantitative estimate of drug-likeness (QED) is 0.173. The van der Waals surface area contributed by atoms with Crippen LogP contribution in [0.1, 0.15) is 0 Å². The van der Waals surface area contributed by atoms with E-state index in [0.717, 1.165) is 99.0 Å². The molecule has 0 fully saturated rings. The Balaban J connectivity index is 1.07. The summed E-state index contributed by atoms with van der Waals surface area (Å²) >= 11 is 0. The highest BCUT2D eigenvalue weighted by atomic mass is 16.3. The zero-order valence-corrected chi connectivity index (χ0v) is 37.0. The van der Waals surface area contributed by atoms with Gasteiger partial charge in [0.2, 0.25) is 0 Å². The maximum absolute atomic E-state index is 6.99. The molecule has 0 aliphatic heterocycles. The molecule has 15 aromatic rings. The van der Waals surface area contributed by atoms with Crippen LogP contribution in [0.4, 0.5) is 0 Å². The van der Waals surface area contributed by atoms with Gasteiger partial charge >= 0.3 is 0 Å². The fourth-order valence-corrected chi connectivity index (χ4v) is 11.0. The second kappa shape index (κ2) is 14.6. The molecule has 0 saturated heterocycles. The van der Waals surface area contributed by atoms with E-state index in [4.69, 9.17) is 19.4 Å². The summed E-state index contributed by atoms with van der Waals surface area (Å²) in [5, 5.41) is 13.6. The molecule has 0 radical (unpaired) electrons. The van der Waals surface area contributed by atoms with Crippen LogP contribution in [0.3, 0.4) is 0 Å². The van der Waals surface area contributed by atoms with E-state index in [0.29, 0.717) is 17.5 Å². The van der Waals surface area contributed by atoms with Gasteiger partial charge < -0.3 is 13.6 Å². The lowest BCUT2D eigenvalue weighted by molar-refractivity contribution is 0.672. The van der Waals surface area contributed by atoms with Gasteiger partial charge in [0.05, 0.1) is 33.1 Å². The third kappa shape index (κ3) is 5.63. The standard InChI is InChI=1S/C63H37N5O/c1-3-17-40(18-4-1)61-64-62(43-29-32-53-50(36-43)47-25-13-14-26-52(47)67(53)44-21-5-2-6-22-44)66-63(65-61)49-31-34-56-58(48-30-27-39-16-10-12-24-46(39)60(48)69-56)59(49)68-54-33-28-38-15-9-11-23-45(38)57(54)51-35-41-19-7-8-20-42(41)37-55(51)68/h1-37H. The number of fused-ring (bicyclic) bond motifs is 14. The molecule has 0 aliphatic rings. The predicted molar refractivity (Wildman–Crippen MR) is 285 cm³/mol. The lowest BCUT2D eigenvalue weighted by Crippen LogP contribution is -2.04. The van der Waals surface area contributed by atoms with Crippen molar-refractivity contribution in [2.24, 2.45) is 0 Å². The van der Waals surface area contributed by atoms with Crippen molar-refractivity contribution in [2.75, 3.05) is 0 Å². The van der Waals surface area contributed by atoms with Crippen molar-refractivity contribution in [1.29, 1.82) is 0 Å². The molecule has 6 nitrogen and oxygen atoms in total. The maximum Gasteiger partial charge on any atom is 0.166 e. The van der Waals surface area contributed by atoms with Crippen molar-refractivity contribution in [3.05, 3.63) is 224 Å². The van der Waals surface area contributed by atoms with Gasteiger partial charge in [0.25, 0.3) is 0 Å². The number of para-hydroxylation sites is 2. The van der Waals surface area contributed by atoms with E-state index in [1.54, 1.807) is 0 Å². The second-order valence-electron chi connectivity index (χ2n) is 17.9. The summed E-state index contributed by atoms with van der Waals surface area (Å²) in [6.45, 7) is 0. The Bertz CT molecular complexity index is 4600. The highest BCUT2D eigenvalue weighted by Crippen LogP contribution is 2.46. The van der Waals surface area contributed by atoms with Gasteiger partial charge in [-0.25, -0.2) is 15.0 Å². The van der Waals surface area contributed by atoms with Crippen molar-refractivity contribution in [3.8, 4) is 45.5 Å². The minimum Gasteiger partial charge on any atom is -0.455 e. The molecule has 0 N–H and O–H groups in total. The van der Waals surface area contributed by atoms with Crippen LogP contribution in [0.5, 0.6) is 0 Å². The van der Waals surface area contributed by atoms with Crippen molar-refractivity contribution in [3.63, 3.8) is 0 Å². The molecule has 15 rings (SSSR count). The monoisotopic (exact) mass is 879 g/mol. The van der Waals surface area contributed by atoms with E-state index < -0.39 is 0 Å². The highest BCUT2D eigenvalue weighted by molar-refractivity contribution is 6.26. The molecular weight excluding hydrogens is 843 g/mol. The Labute approximate surface area is 394 Å². The van der Waals surface area contributed by atoms with Crippen LogP contribution in [-0.4, -0.2) is 24.1 Å². The first kappa shape index (κ1) is 37.8. The number of furan rings is 1. The Morgan fingerprint density at radius 2 is 0.928 bits per heavy atom. The largest absolute Gasteiger partial charge is 0.455 e. The molecule has 11 aromatic carbocycles. The van der Waals surface area contributed by atoms with Gasteiger partial charge in [0.1, 0.15) is 11.2 Å². The summed E-state index contributed by atoms with van der Waals surface area (Å²) in [7, 11) is 0. The molecular formula is C63H37N5O. The van der Waals surface area contributed by atoms with Crippen LogP contribution in [0.15, 0.2) is 229 Å². The summed E-state index contributed by atoms with van der Waals surface area (Å²) in [5.74, 6) is 1.75. The minimum absolute atomic E-state index is 0.564. The first-order valence-electron chi connectivity index (χ1n) is 23.3. The smallest absolute Gasteiger partial charge is 0.166 e. The summed E-state index contributed by atoms with van der Waals surface area (Å²) in [5.41, 5.74) is 10.8. The average molecular weight is 880 g/mol. The minimum atomic E-state index is 0.564. The number of benzene rings is 11. The number of rotatable bonds is 5. The van der Waals surface area contributed by atoms with Gasteiger partial charge in [-0.15, -0.1) is 0 Å². The second-order valence-corrected chi connectivity index (χ2v) is 17.9. The van der Waals surface area contributed by atoms with Crippen molar-refractivity contribution >= 4 is 97.9 Å². The van der Waals surface area contributed by atoms with Crippen LogP contribution in [0.2, 0.25) is 0 Å². The highest BCUT2D eigenvalue weighted by Gasteiger charge is 2.26. The van der Waals surface area contributed by atoms with E-state index in [1.165, 1.54) is 26.9 Å². The van der Waals surface area contributed by atoms with Gasteiger partial charge in [-0.1, -0.05) is 152 Å². The van der Waals surface area contributed by atoms with Crippen molar-refractivity contribution in [1.82, 2.24) is 24.1 Å². The summed E-state index contributed by atoms with van der Waals surface area (Å²) < 4.78 is 11.8. The first-order valence-corrected chi connectivity index (χ1v) is 23.3. The molecule has 0 aliphatic carbocycles. The van der Waals surface area contributed by atoms with Gasteiger partial charge in [0.15, 0.2) is 17.5 Å². The van der Waals surface area contributed by atoms with Gasteiger partial charge in [0, 0.05) is 54.7 Å². The molecule has 4 heterocycles. The lowest BCUT2D eigenvalue weighted by Gasteiger charge is -2.16. The first-order chi connectivity index (χ1) is 34.2. The molecule has 320 valence electrons. The van der Waals surface area contributed by atoms with Crippen LogP contribution in [-0.2, 0) is 0 Å². The summed E-state index contributed by atoms with van der Waals surface area (Å²) in [4.78, 5) is 16.3. The Morgan fingerprint density at radius 3 is 1.74 bits per heavy atom. The van der Waals surface area contributed by atoms with Gasteiger partial charge in [-0.2, -0.15) is 0 Å². The Hall–Kier alpha value is -9.39. The van der Waals surface area contributed by atoms with Gasteiger partial charge in [-0.3, -0.25) is 0 Å². The molecule has 0 bridgehead atoms. The topological polar surface area (TPSA) is 61.7 Å². The molecule has 4 aromatic heterocycles. The van der Waals surface area contributed by atoms with Gasteiger partial charge in [-0.05, 0) is 99.7 Å². The predicted octanol–water partition coefficient (Wildman–Crippen LogP) is 16.4. The van der Waals surface area contributed by atoms with E-state index in [1.807, 2.05) is 18.2 Å². The average Bonchev–Trinajstić information content (AvgIpc) is 4.08. The molecule has 0 saturated carbocycles. The normalized spacial score (nSPS) is 12.1. The molecule has 69 heavy (non-hydrogen) atoms. The van der Waals surface area contributed by atoms with Crippen LogP contribution >= 0.6 is 0 Å². The van der Waals surface area contributed by atoms with Crippen molar-refractivity contribution < 1.29 is 4.42 Å². The maximum atomic E-state index is 6.99. The molecule has 6 heteroatoms. The summed E-state index contributed by atoms with van der Waals surface area (Å²) in [6.07, 6.45) is 0. The number of hydrogen-bond acceptors (Lipinski definition) is 4. The number of aromatic nitrogens is 5. The Kier molecular flexibility index (Phi) is 7.97. The molecule has 0 unspecified atom stereocenters. The third-order valence-corrected chi connectivity index (χ3v) is 14.1. The van der Waals surface area contributed by atoms with Crippen LogP contribution in [0.25, 0.3) is 143 Å². The lowest BCUT2D eigenvalue weighted by atomic mass is 10.0. The fourth-order valence-electron chi connectivity index (χ4n) is 11.0. The zero-order valence-electron chi connectivity index (χ0n) is 37.0. The fraction of sp³-hybridized carbons (Fsp3) is 0. The molecule has 0 amide bonds. The Morgan fingerprint density at radius 1 is 0.319 bits per heavy atom. The van der Waals surface area contributed by atoms with E-state index in [9.17, 15) is 0 Å². The number of nitrogens with zero attached hydrogens (tertiary/aromatic N) is 5. The van der Waals surface area contributed by atoms with E-state index >= 15 is 0 Å². The van der Waals surface area contributed by atoms with Crippen LogP contribution < -0.4 is 0 Å². The summed E-state index contributed by atoms with van der Waals surface area (Å²) in [6, 6.07) is 79.7. The zero-order chi connectivity index (χ0) is 45.2. The van der Waals surface area contributed by atoms with Crippen molar-refractivity contribution in [2.45, 2.75) is 0 Å². The van der Waals surface area contributed by atoms with Crippen LogP contribution in [0, 0.1) is 0 Å².